The molecule has 0 aromatic heterocycles. The van der Waals surface area contributed by atoms with Gasteiger partial charge in [0, 0.05) is 0 Å². The van der Waals surface area contributed by atoms with Crippen LogP contribution < -0.4 is 0 Å². The Balaban J connectivity index is 1.58. The molecule has 3 rings (SSSR count). The third kappa shape index (κ3) is 9.78. The standard InChI is InChI=1S/C34H49FO6/c1-4-5-6-7-25-8-10-26(11-9-25)27-12-14-28(15-13-27)31-17-16-29(18-32(31)35)30(21-40-33(38)23(2)19-36)22-41-34(39)24(3)20-37/h16-18,25-28,30,36-37H,2-15,19-22H2,1H3. The second-order valence-electron chi connectivity index (χ2n) is 12.1. The quantitative estimate of drug-likeness (QED) is 0.137. The van der Waals surface area contributed by atoms with E-state index in [1.165, 1.54) is 57.4 Å². The number of rotatable bonds is 15. The molecule has 0 spiro atoms. The monoisotopic (exact) mass is 572 g/mol. The summed E-state index contributed by atoms with van der Waals surface area (Å²) in [5.74, 6) is 0.171. The molecule has 0 heterocycles. The van der Waals surface area contributed by atoms with Crippen molar-refractivity contribution in [2.24, 2.45) is 17.8 Å². The molecule has 0 aliphatic heterocycles. The van der Waals surface area contributed by atoms with Gasteiger partial charge in [0.25, 0.3) is 0 Å². The Morgan fingerprint density at radius 2 is 1.41 bits per heavy atom. The van der Waals surface area contributed by atoms with E-state index in [9.17, 15) is 9.59 Å². The maximum Gasteiger partial charge on any atom is 0.335 e. The zero-order valence-corrected chi connectivity index (χ0v) is 24.8. The predicted octanol–water partition coefficient (Wildman–Crippen LogP) is 6.75. The molecular weight excluding hydrogens is 523 g/mol. The van der Waals surface area contributed by atoms with E-state index in [-0.39, 0.29) is 36.1 Å². The Morgan fingerprint density at radius 1 is 0.878 bits per heavy atom. The van der Waals surface area contributed by atoms with Crippen LogP contribution in [-0.2, 0) is 19.1 Å². The molecule has 0 bridgehead atoms. The van der Waals surface area contributed by atoms with Gasteiger partial charge in [-0.1, -0.05) is 70.7 Å². The Bertz CT molecular complexity index is 988. The first-order chi connectivity index (χ1) is 19.8. The maximum atomic E-state index is 15.5. The van der Waals surface area contributed by atoms with Gasteiger partial charge in [-0.2, -0.15) is 0 Å². The number of benzene rings is 1. The molecule has 2 aliphatic carbocycles. The van der Waals surface area contributed by atoms with Gasteiger partial charge < -0.3 is 19.7 Å². The Morgan fingerprint density at radius 3 is 1.90 bits per heavy atom. The summed E-state index contributed by atoms with van der Waals surface area (Å²) in [5.41, 5.74) is 1.03. The summed E-state index contributed by atoms with van der Waals surface area (Å²) in [6.45, 7) is 7.70. The molecule has 0 unspecified atom stereocenters. The maximum absolute atomic E-state index is 15.5. The fraction of sp³-hybridized carbons (Fsp3) is 0.647. The second-order valence-corrected chi connectivity index (χ2v) is 12.1. The van der Waals surface area contributed by atoms with Crippen LogP contribution in [0.4, 0.5) is 4.39 Å². The lowest BCUT2D eigenvalue weighted by Gasteiger charge is -2.38. The van der Waals surface area contributed by atoms with Crippen molar-refractivity contribution in [1.29, 1.82) is 0 Å². The van der Waals surface area contributed by atoms with Gasteiger partial charge in [0.15, 0.2) is 0 Å². The van der Waals surface area contributed by atoms with Crippen LogP contribution in [0.5, 0.6) is 0 Å². The molecule has 1 aromatic carbocycles. The van der Waals surface area contributed by atoms with Crippen molar-refractivity contribution in [3.8, 4) is 0 Å². The minimum Gasteiger partial charge on any atom is -0.461 e. The molecule has 0 atom stereocenters. The Labute approximate surface area is 245 Å². The van der Waals surface area contributed by atoms with Crippen LogP contribution in [0.3, 0.4) is 0 Å². The molecule has 41 heavy (non-hydrogen) atoms. The molecule has 7 heteroatoms. The molecule has 6 nitrogen and oxygen atoms in total. The van der Waals surface area contributed by atoms with Crippen molar-refractivity contribution in [2.75, 3.05) is 26.4 Å². The zero-order valence-electron chi connectivity index (χ0n) is 24.8. The minimum absolute atomic E-state index is 0.105. The van der Waals surface area contributed by atoms with Crippen molar-refractivity contribution >= 4 is 11.9 Å². The lowest BCUT2D eigenvalue weighted by atomic mass is 9.68. The highest BCUT2D eigenvalue weighted by Crippen LogP contribution is 2.45. The molecule has 2 N–H and O–H groups in total. The van der Waals surface area contributed by atoms with Gasteiger partial charge in [0.05, 0.1) is 30.3 Å². The molecule has 0 saturated heterocycles. The van der Waals surface area contributed by atoms with Gasteiger partial charge in [-0.15, -0.1) is 0 Å². The smallest absolute Gasteiger partial charge is 0.335 e. The van der Waals surface area contributed by atoms with Crippen molar-refractivity contribution in [2.45, 2.75) is 95.8 Å². The summed E-state index contributed by atoms with van der Waals surface area (Å²) in [6.07, 6.45) is 15.1. The second kappa shape index (κ2) is 16.8. The van der Waals surface area contributed by atoms with Crippen molar-refractivity contribution < 1.29 is 33.7 Å². The van der Waals surface area contributed by atoms with Gasteiger partial charge in [0.2, 0.25) is 0 Å². The van der Waals surface area contributed by atoms with E-state index in [0.29, 0.717) is 11.1 Å². The lowest BCUT2D eigenvalue weighted by Crippen LogP contribution is -2.25. The molecular formula is C34H49FO6. The number of aliphatic hydroxyl groups excluding tert-OH is 2. The van der Waals surface area contributed by atoms with Crippen LogP contribution in [0.2, 0.25) is 0 Å². The van der Waals surface area contributed by atoms with E-state index in [0.717, 1.165) is 43.4 Å². The summed E-state index contributed by atoms with van der Waals surface area (Å²) in [7, 11) is 0. The van der Waals surface area contributed by atoms with E-state index < -0.39 is 31.1 Å². The number of esters is 2. The van der Waals surface area contributed by atoms with Crippen molar-refractivity contribution in [1.82, 2.24) is 0 Å². The van der Waals surface area contributed by atoms with Crippen molar-refractivity contribution in [3.63, 3.8) is 0 Å². The minimum atomic E-state index is -0.776. The van der Waals surface area contributed by atoms with Crippen LogP contribution >= 0.6 is 0 Å². The van der Waals surface area contributed by atoms with Gasteiger partial charge in [-0.3, -0.25) is 0 Å². The highest BCUT2D eigenvalue weighted by Gasteiger charge is 2.32. The summed E-state index contributed by atoms with van der Waals surface area (Å²) >= 11 is 0. The largest absolute Gasteiger partial charge is 0.461 e. The van der Waals surface area contributed by atoms with Crippen LogP contribution in [0.25, 0.3) is 0 Å². The van der Waals surface area contributed by atoms with Crippen LogP contribution in [-0.4, -0.2) is 48.6 Å². The first kappa shape index (κ1) is 33.0. The highest BCUT2D eigenvalue weighted by atomic mass is 19.1. The van der Waals surface area contributed by atoms with Gasteiger partial charge in [0.1, 0.15) is 19.0 Å². The van der Waals surface area contributed by atoms with Crippen LogP contribution in [0, 0.1) is 23.6 Å². The fourth-order valence-electron chi connectivity index (χ4n) is 6.59. The number of ether oxygens (including phenoxy) is 2. The number of aliphatic hydroxyl groups is 2. The number of hydrogen-bond acceptors (Lipinski definition) is 6. The summed E-state index contributed by atoms with van der Waals surface area (Å²) in [4.78, 5) is 24.1. The van der Waals surface area contributed by atoms with E-state index in [1.807, 2.05) is 6.07 Å². The van der Waals surface area contributed by atoms with Crippen LogP contribution in [0.1, 0.15) is 107 Å². The molecule has 0 radical (unpaired) electrons. The molecule has 2 aliphatic rings. The normalized spacial score (nSPS) is 22.8. The molecule has 1 aromatic rings. The van der Waals surface area contributed by atoms with E-state index in [1.54, 1.807) is 6.07 Å². The summed E-state index contributed by atoms with van der Waals surface area (Å²) in [5, 5.41) is 18.3. The Hall–Kier alpha value is -2.51. The van der Waals surface area contributed by atoms with E-state index in [2.05, 4.69) is 20.1 Å². The van der Waals surface area contributed by atoms with Gasteiger partial charge in [-0.25, -0.2) is 14.0 Å². The fourth-order valence-corrected chi connectivity index (χ4v) is 6.59. The SMILES string of the molecule is C=C(CO)C(=O)OCC(COC(=O)C(=C)CO)c1ccc(C2CCC(C3CCC(CCCCC)CC3)CC2)c(F)c1. The zero-order chi connectivity index (χ0) is 29.8. The van der Waals surface area contributed by atoms with E-state index >= 15 is 4.39 Å². The molecule has 0 amide bonds. The average molecular weight is 573 g/mol. The third-order valence-corrected chi connectivity index (χ3v) is 9.27. The van der Waals surface area contributed by atoms with Gasteiger partial charge in [-0.05, 0) is 79.4 Å². The average Bonchev–Trinajstić information content (AvgIpc) is 3.00. The number of carbonyl (C=O) groups excluding carboxylic acids is 2. The first-order valence-corrected chi connectivity index (χ1v) is 15.5. The number of carbonyl (C=O) groups is 2. The summed E-state index contributed by atoms with van der Waals surface area (Å²) in [6, 6.07) is 5.06. The van der Waals surface area contributed by atoms with Gasteiger partial charge >= 0.3 is 11.9 Å². The predicted molar refractivity (Wildman–Crippen MR) is 158 cm³/mol. The number of unbranched alkanes of at least 4 members (excludes halogenated alkanes) is 2. The molecule has 2 fully saturated rings. The first-order valence-electron chi connectivity index (χ1n) is 15.5. The highest BCUT2D eigenvalue weighted by molar-refractivity contribution is 5.88. The summed E-state index contributed by atoms with van der Waals surface area (Å²) < 4.78 is 25.9. The van der Waals surface area contributed by atoms with Crippen molar-refractivity contribution in [3.05, 3.63) is 59.4 Å². The van der Waals surface area contributed by atoms with Crippen LogP contribution in [0.15, 0.2) is 42.5 Å². The third-order valence-electron chi connectivity index (χ3n) is 9.27. The molecule has 2 saturated carbocycles. The Kier molecular flexibility index (Phi) is 13.5. The van der Waals surface area contributed by atoms with E-state index in [4.69, 9.17) is 19.7 Å². The number of hydrogen-bond donors (Lipinski definition) is 2. The topological polar surface area (TPSA) is 93.1 Å². The lowest BCUT2D eigenvalue weighted by molar-refractivity contribution is -0.142. The number of halogens is 1. The molecule has 228 valence electrons.